The minimum atomic E-state index is -5.08. The first-order chi connectivity index (χ1) is 19.8. The van der Waals surface area contributed by atoms with E-state index < -0.39 is 23.2 Å². The predicted octanol–water partition coefficient (Wildman–Crippen LogP) is 4.87. The highest BCUT2D eigenvalue weighted by atomic mass is 35.5. The van der Waals surface area contributed by atoms with Crippen LogP contribution in [0.25, 0.3) is 16.9 Å². The molecule has 1 aromatic heterocycles. The van der Waals surface area contributed by atoms with Crippen LogP contribution in [0.3, 0.4) is 0 Å². The molecule has 2 heterocycles. The number of esters is 1. The van der Waals surface area contributed by atoms with E-state index >= 15 is 0 Å². The molecule has 0 amide bonds. The van der Waals surface area contributed by atoms with E-state index in [0.717, 1.165) is 11.1 Å². The number of carboxylic acid groups (broad SMARTS) is 1. The van der Waals surface area contributed by atoms with E-state index in [-0.39, 0.29) is 24.8 Å². The van der Waals surface area contributed by atoms with E-state index in [1.165, 1.54) is 0 Å². The Labute approximate surface area is 246 Å². The molecule has 222 valence electrons. The number of benzene rings is 2. The standard InChI is InChI=1S/C24H20Cl2N4O5.C2HF3O2/c1-15-22(24(31)35-19-13-27-14-19)28-29(21-10-9-18(25)12-20(21)26)23(15)17-7-5-16(6-8-17)4-2-3-11-34-30(32)33;3-2(4,5)1(6)7/h5-10,12,19,27H,3,11,13-14H2,1H3;(H,6,7). The summed E-state index contributed by atoms with van der Waals surface area (Å²) in [5, 5.41) is 25.0. The van der Waals surface area contributed by atoms with Crippen molar-refractivity contribution in [2.24, 2.45) is 0 Å². The Morgan fingerprint density at radius 1 is 1.21 bits per heavy atom. The highest BCUT2D eigenvalue weighted by Crippen LogP contribution is 2.33. The van der Waals surface area contributed by atoms with Crippen LogP contribution in [-0.2, 0) is 14.4 Å². The summed E-state index contributed by atoms with van der Waals surface area (Å²) in [7, 11) is 0. The molecule has 0 aliphatic carbocycles. The second-order valence-electron chi connectivity index (χ2n) is 8.50. The second-order valence-corrected chi connectivity index (χ2v) is 9.35. The third-order valence-electron chi connectivity index (χ3n) is 5.53. The van der Waals surface area contributed by atoms with Crippen LogP contribution >= 0.6 is 23.2 Å². The summed E-state index contributed by atoms with van der Waals surface area (Å²) in [4.78, 5) is 36.2. The molecule has 42 heavy (non-hydrogen) atoms. The van der Waals surface area contributed by atoms with Crippen molar-refractivity contribution >= 4 is 35.1 Å². The molecule has 1 saturated heterocycles. The molecule has 1 aliphatic rings. The molecule has 1 aliphatic heterocycles. The van der Waals surface area contributed by atoms with Gasteiger partial charge in [-0.1, -0.05) is 47.2 Å². The van der Waals surface area contributed by atoms with Gasteiger partial charge < -0.3 is 20.0 Å². The SMILES string of the molecule is Cc1c(C(=O)OC2CNC2)nn(-c2ccc(Cl)cc2Cl)c1-c1ccc(C#CCCO[N+](=O)[O-])cc1.O=C(O)C(F)(F)F. The minimum Gasteiger partial charge on any atom is -0.475 e. The average molecular weight is 629 g/mol. The molecular formula is C26H21Cl2F3N4O7. The summed E-state index contributed by atoms with van der Waals surface area (Å²) in [6.07, 6.45) is -5.03. The Hall–Kier alpha value is -4.32. The zero-order valence-electron chi connectivity index (χ0n) is 21.6. The summed E-state index contributed by atoms with van der Waals surface area (Å²) in [5.41, 5.74) is 3.59. The fourth-order valence-corrected chi connectivity index (χ4v) is 3.94. The highest BCUT2D eigenvalue weighted by molar-refractivity contribution is 6.35. The van der Waals surface area contributed by atoms with Gasteiger partial charge in [0, 0.05) is 41.2 Å². The van der Waals surface area contributed by atoms with E-state index in [2.05, 4.69) is 27.1 Å². The lowest BCUT2D eigenvalue weighted by Gasteiger charge is -2.26. The Morgan fingerprint density at radius 2 is 1.86 bits per heavy atom. The Bertz CT molecular complexity index is 1530. The Morgan fingerprint density at radius 3 is 2.38 bits per heavy atom. The number of aliphatic carboxylic acids is 1. The van der Waals surface area contributed by atoms with Crippen LogP contribution in [0.15, 0.2) is 42.5 Å². The van der Waals surface area contributed by atoms with E-state index in [0.29, 0.717) is 40.1 Å². The van der Waals surface area contributed by atoms with Crippen molar-refractivity contribution in [3.8, 4) is 28.8 Å². The predicted molar refractivity (Wildman–Crippen MR) is 144 cm³/mol. The van der Waals surface area contributed by atoms with Crippen LogP contribution in [-0.4, -0.2) is 63.9 Å². The summed E-state index contributed by atoms with van der Waals surface area (Å²) in [5.74, 6) is 2.51. The van der Waals surface area contributed by atoms with E-state index in [1.54, 1.807) is 29.8 Å². The first kappa shape index (κ1) is 32.2. The van der Waals surface area contributed by atoms with Gasteiger partial charge in [-0.25, -0.2) is 14.3 Å². The maximum atomic E-state index is 12.9. The molecule has 1 fully saturated rings. The van der Waals surface area contributed by atoms with Crippen LogP contribution in [0.5, 0.6) is 0 Å². The number of ether oxygens (including phenoxy) is 1. The normalized spacial score (nSPS) is 12.6. The number of hydrogen-bond donors (Lipinski definition) is 2. The van der Waals surface area contributed by atoms with Crippen molar-refractivity contribution in [2.45, 2.75) is 25.6 Å². The first-order valence-corrected chi connectivity index (χ1v) is 12.7. The molecule has 11 nitrogen and oxygen atoms in total. The number of alkyl halides is 3. The van der Waals surface area contributed by atoms with Gasteiger partial charge in [0.1, 0.15) is 12.7 Å². The van der Waals surface area contributed by atoms with Crippen LogP contribution < -0.4 is 5.32 Å². The molecule has 2 aromatic carbocycles. The molecule has 0 atom stereocenters. The fraction of sp³-hybridized carbons (Fsp3) is 0.269. The maximum absolute atomic E-state index is 12.9. The van der Waals surface area contributed by atoms with Gasteiger partial charge in [0.05, 0.1) is 16.4 Å². The van der Waals surface area contributed by atoms with Crippen molar-refractivity contribution in [1.82, 2.24) is 15.1 Å². The first-order valence-electron chi connectivity index (χ1n) is 11.9. The van der Waals surface area contributed by atoms with Crippen molar-refractivity contribution < 1.29 is 42.5 Å². The number of nitrogens with zero attached hydrogens (tertiary/aromatic N) is 3. The molecule has 0 bridgehead atoms. The topological polar surface area (TPSA) is 146 Å². The summed E-state index contributed by atoms with van der Waals surface area (Å²) >= 11 is 12.5. The van der Waals surface area contributed by atoms with E-state index in [1.807, 2.05) is 24.3 Å². The third-order valence-corrected chi connectivity index (χ3v) is 6.07. The Kier molecular flexibility index (Phi) is 10.8. The molecule has 2 N–H and O–H groups in total. The lowest BCUT2D eigenvalue weighted by Crippen LogP contribution is -2.49. The number of carboxylic acids is 1. The molecular weight excluding hydrogens is 608 g/mol. The van der Waals surface area contributed by atoms with E-state index in [4.69, 9.17) is 37.8 Å². The quantitative estimate of drug-likeness (QED) is 0.123. The molecule has 0 spiro atoms. The van der Waals surface area contributed by atoms with Gasteiger partial charge in [-0.05, 0) is 37.3 Å². The van der Waals surface area contributed by atoms with Crippen molar-refractivity contribution in [3.63, 3.8) is 0 Å². The number of carbonyl (C=O) groups is 2. The van der Waals surface area contributed by atoms with Gasteiger partial charge in [-0.15, -0.1) is 10.1 Å². The van der Waals surface area contributed by atoms with E-state index in [9.17, 15) is 28.1 Å². The number of aromatic nitrogens is 2. The van der Waals surface area contributed by atoms with Gasteiger partial charge in [-0.2, -0.15) is 18.3 Å². The van der Waals surface area contributed by atoms with Crippen molar-refractivity contribution in [3.05, 3.63) is 79.4 Å². The second kappa shape index (κ2) is 14.0. The van der Waals surface area contributed by atoms with Crippen LogP contribution in [0.2, 0.25) is 10.0 Å². The molecule has 0 radical (unpaired) electrons. The number of rotatable bonds is 7. The largest absolute Gasteiger partial charge is 0.490 e. The number of carbonyl (C=O) groups excluding carboxylic acids is 1. The molecule has 16 heteroatoms. The third kappa shape index (κ3) is 8.59. The van der Waals surface area contributed by atoms with Gasteiger partial charge in [-0.3, -0.25) is 0 Å². The summed E-state index contributed by atoms with van der Waals surface area (Å²) < 4.78 is 38.9. The zero-order valence-corrected chi connectivity index (χ0v) is 23.1. The molecule has 3 aromatic rings. The van der Waals surface area contributed by atoms with Crippen molar-refractivity contribution in [2.75, 3.05) is 19.7 Å². The smallest absolute Gasteiger partial charge is 0.475 e. The zero-order chi connectivity index (χ0) is 31.0. The monoisotopic (exact) mass is 628 g/mol. The van der Waals surface area contributed by atoms with Crippen molar-refractivity contribution in [1.29, 1.82) is 0 Å². The fourth-order valence-electron chi connectivity index (χ4n) is 3.46. The van der Waals surface area contributed by atoms with Crippen LogP contribution in [0, 0.1) is 28.9 Å². The highest BCUT2D eigenvalue weighted by Gasteiger charge is 2.38. The maximum Gasteiger partial charge on any atom is 0.490 e. The van der Waals surface area contributed by atoms with Crippen LogP contribution in [0.1, 0.15) is 28.0 Å². The number of halogens is 5. The van der Waals surface area contributed by atoms with Gasteiger partial charge in [0.15, 0.2) is 5.69 Å². The Balaban J connectivity index is 0.000000616. The molecule has 4 rings (SSSR count). The molecule has 0 unspecified atom stereocenters. The molecule has 0 saturated carbocycles. The number of nitrogens with one attached hydrogen (secondary N) is 1. The minimum absolute atomic E-state index is 0.0892. The van der Waals surface area contributed by atoms with Gasteiger partial charge >= 0.3 is 18.1 Å². The lowest BCUT2D eigenvalue weighted by molar-refractivity contribution is -0.757. The van der Waals surface area contributed by atoms with Crippen LogP contribution in [0.4, 0.5) is 13.2 Å². The number of hydrogen-bond acceptors (Lipinski definition) is 8. The van der Waals surface area contributed by atoms with Gasteiger partial charge in [0.25, 0.3) is 5.09 Å². The lowest BCUT2D eigenvalue weighted by atomic mass is 10.0. The van der Waals surface area contributed by atoms with Gasteiger partial charge in [0.2, 0.25) is 0 Å². The summed E-state index contributed by atoms with van der Waals surface area (Å²) in [6.45, 7) is 2.94. The summed E-state index contributed by atoms with van der Waals surface area (Å²) in [6, 6.07) is 12.4. The average Bonchev–Trinajstić information content (AvgIpc) is 3.22.